The zero-order valence-corrected chi connectivity index (χ0v) is 10.8. The maximum atomic E-state index is 10.2. The first-order valence-corrected chi connectivity index (χ1v) is 7.26. The highest BCUT2D eigenvalue weighted by atomic mass is 16.5. The van der Waals surface area contributed by atoms with Crippen molar-refractivity contribution in [3.8, 4) is 5.75 Å². The monoisotopic (exact) mass is 246 g/mol. The molecule has 1 unspecified atom stereocenters. The minimum Gasteiger partial charge on any atom is -0.490 e. The number of ether oxygens (including phenoxy) is 1. The van der Waals surface area contributed by atoms with E-state index in [1.165, 1.54) is 38.5 Å². The van der Waals surface area contributed by atoms with Gasteiger partial charge in [0.05, 0.1) is 12.2 Å². The number of hydrogen-bond acceptors (Lipinski definition) is 2. The van der Waals surface area contributed by atoms with Gasteiger partial charge < -0.3 is 9.84 Å². The fourth-order valence-corrected chi connectivity index (χ4v) is 2.84. The Morgan fingerprint density at radius 1 is 1.06 bits per heavy atom. The van der Waals surface area contributed by atoms with E-state index < -0.39 is 0 Å². The number of rotatable bonds is 5. The Balaban J connectivity index is 1.56. The lowest BCUT2D eigenvalue weighted by atomic mass is 9.96. The highest BCUT2D eigenvalue weighted by Gasteiger charge is 2.23. The van der Waals surface area contributed by atoms with Crippen molar-refractivity contribution in [3.05, 3.63) is 29.8 Å². The van der Waals surface area contributed by atoms with Crippen molar-refractivity contribution in [2.24, 2.45) is 5.92 Å². The van der Waals surface area contributed by atoms with E-state index in [0.717, 1.165) is 23.7 Å². The Hall–Kier alpha value is -1.02. The summed E-state index contributed by atoms with van der Waals surface area (Å²) in [5.74, 6) is 1.66. The van der Waals surface area contributed by atoms with Gasteiger partial charge in [0.15, 0.2) is 0 Å². The van der Waals surface area contributed by atoms with Crippen molar-refractivity contribution in [2.45, 2.75) is 57.2 Å². The van der Waals surface area contributed by atoms with E-state index in [-0.39, 0.29) is 6.10 Å². The molecule has 1 aromatic carbocycles. The van der Waals surface area contributed by atoms with E-state index in [2.05, 4.69) is 0 Å². The van der Waals surface area contributed by atoms with Crippen LogP contribution >= 0.6 is 0 Å². The Kier molecular flexibility index (Phi) is 3.55. The molecule has 2 nitrogen and oxygen atoms in total. The van der Waals surface area contributed by atoms with Crippen LogP contribution in [0, 0.1) is 5.92 Å². The van der Waals surface area contributed by atoms with Crippen LogP contribution in [0.4, 0.5) is 0 Å². The van der Waals surface area contributed by atoms with Gasteiger partial charge in [-0.1, -0.05) is 37.8 Å². The molecule has 2 aliphatic rings. The number of aliphatic hydroxyl groups is 1. The maximum Gasteiger partial charge on any atom is 0.119 e. The van der Waals surface area contributed by atoms with Crippen LogP contribution in [0.2, 0.25) is 0 Å². The molecule has 0 amide bonds. The third-order valence-corrected chi connectivity index (χ3v) is 4.12. The van der Waals surface area contributed by atoms with Gasteiger partial charge >= 0.3 is 0 Å². The van der Waals surface area contributed by atoms with Crippen molar-refractivity contribution >= 4 is 0 Å². The molecule has 2 saturated carbocycles. The van der Waals surface area contributed by atoms with Gasteiger partial charge in [0, 0.05) is 0 Å². The van der Waals surface area contributed by atoms with Crippen LogP contribution in [0.5, 0.6) is 5.75 Å². The molecular weight excluding hydrogens is 224 g/mol. The first kappa shape index (κ1) is 12.0. The van der Waals surface area contributed by atoms with Crippen LogP contribution in [0.15, 0.2) is 24.3 Å². The van der Waals surface area contributed by atoms with Gasteiger partial charge in [-0.25, -0.2) is 0 Å². The fraction of sp³-hybridized carbons (Fsp3) is 0.625. The van der Waals surface area contributed by atoms with E-state index in [9.17, 15) is 5.11 Å². The second-order valence-corrected chi connectivity index (χ2v) is 5.79. The van der Waals surface area contributed by atoms with E-state index in [1.54, 1.807) is 0 Å². The Labute approximate surface area is 109 Å². The second kappa shape index (κ2) is 5.31. The smallest absolute Gasteiger partial charge is 0.119 e. The molecule has 18 heavy (non-hydrogen) atoms. The summed E-state index contributed by atoms with van der Waals surface area (Å²) in [5.41, 5.74) is 1.03. The molecule has 0 aromatic heterocycles. The predicted molar refractivity (Wildman–Crippen MR) is 71.6 cm³/mol. The van der Waals surface area contributed by atoms with Gasteiger partial charge in [0.1, 0.15) is 5.75 Å². The molecule has 0 spiro atoms. The minimum absolute atomic E-state index is 0.303. The molecule has 1 atom stereocenters. The summed E-state index contributed by atoms with van der Waals surface area (Å²) in [6.07, 6.45) is 8.69. The molecule has 0 aliphatic heterocycles. The van der Waals surface area contributed by atoms with Crippen molar-refractivity contribution in [3.63, 3.8) is 0 Å². The average Bonchev–Trinajstić information content (AvgIpc) is 3.04. The van der Waals surface area contributed by atoms with Crippen molar-refractivity contribution in [1.82, 2.24) is 0 Å². The van der Waals surface area contributed by atoms with E-state index in [1.807, 2.05) is 24.3 Å². The van der Waals surface area contributed by atoms with Gasteiger partial charge in [0.25, 0.3) is 0 Å². The number of hydrogen-bond donors (Lipinski definition) is 1. The molecule has 1 aromatic rings. The van der Waals surface area contributed by atoms with Crippen molar-refractivity contribution in [2.75, 3.05) is 0 Å². The summed E-state index contributed by atoms with van der Waals surface area (Å²) in [7, 11) is 0. The van der Waals surface area contributed by atoms with Crippen LogP contribution in [0.3, 0.4) is 0 Å². The Bertz CT molecular complexity index is 375. The SMILES string of the molecule is OC(CC1CCCC1)c1ccc(OC2CC2)cc1. The molecule has 0 radical (unpaired) electrons. The number of benzene rings is 1. The van der Waals surface area contributed by atoms with Crippen molar-refractivity contribution < 1.29 is 9.84 Å². The van der Waals surface area contributed by atoms with Gasteiger partial charge in [-0.05, 0) is 42.9 Å². The number of aliphatic hydroxyl groups excluding tert-OH is 1. The van der Waals surface area contributed by atoms with Gasteiger partial charge in [0.2, 0.25) is 0 Å². The summed E-state index contributed by atoms with van der Waals surface area (Å²) in [6.45, 7) is 0. The first-order valence-electron chi connectivity index (χ1n) is 7.26. The summed E-state index contributed by atoms with van der Waals surface area (Å²) in [4.78, 5) is 0. The predicted octanol–water partition coefficient (Wildman–Crippen LogP) is 3.84. The van der Waals surface area contributed by atoms with E-state index >= 15 is 0 Å². The molecule has 2 aliphatic carbocycles. The Morgan fingerprint density at radius 2 is 1.72 bits per heavy atom. The zero-order valence-electron chi connectivity index (χ0n) is 10.8. The molecule has 3 rings (SSSR count). The summed E-state index contributed by atoms with van der Waals surface area (Å²) >= 11 is 0. The maximum absolute atomic E-state index is 10.2. The highest BCUT2D eigenvalue weighted by molar-refractivity contribution is 5.29. The van der Waals surface area contributed by atoms with Gasteiger partial charge in [-0.3, -0.25) is 0 Å². The van der Waals surface area contributed by atoms with E-state index in [4.69, 9.17) is 4.74 Å². The molecule has 0 heterocycles. The molecule has 1 N–H and O–H groups in total. The molecular formula is C16H22O2. The Morgan fingerprint density at radius 3 is 2.33 bits per heavy atom. The zero-order chi connectivity index (χ0) is 12.4. The third kappa shape index (κ3) is 3.05. The van der Waals surface area contributed by atoms with Crippen molar-refractivity contribution in [1.29, 1.82) is 0 Å². The largest absolute Gasteiger partial charge is 0.490 e. The topological polar surface area (TPSA) is 29.5 Å². The average molecular weight is 246 g/mol. The lowest BCUT2D eigenvalue weighted by Gasteiger charge is -2.16. The quantitative estimate of drug-likeness (QED) is 0.855. The van der Waals surface area contributed by atoms with Gasteiger partial charge in [-0.15, -0.1) is 0 Å². The standard InChI is InChI=1S/C16H22O2/c17-16(11-12-3-1-2-4-12)13-5-7-14(8-6-13)18-15-9-10-15/h5-8,12,15-17H,1-4,9-11H2. The van der Waals surface area contributed by atoms with Crippen LogP contribution in [-0.2, 0) is 0 Å². The lowest BCUT2D eigenvalue weighted by Crippen LogP contribution is -2.04. The third-order valence-electron chi connectivity index (χ3n) is 4.12. The van der Waals surface area contributed by atoms with Crippen LogP contribution in [0.1, 0.15) is 56.6 Å². The second-order valence-electron chi connectivity index (χ2n) is 5.79. The molecule has 2 fully saturated rings. The normalized spacial score (nSPS) is 22.1. The molecule has 98 valence electrons. The first-order chi connectivity index (χ1) is 8.81. The van der Waals surface area contributed by atoms with Crippen LogP contribution in [0.25, 0.3) is 0 Å². The summed E-state index contributed by atoms with van der Waals surface area (Å²) in [6, 6.07) is 8.01. The molecule has 0 bridgehead atoms. The highest BCUT2D eigenvalue weighted by Crippen LogP contribution is 2.33. The molecule has 2 heteroatoms. The minimum atomic E-state index is -0.303. The van der Waals surface area contributed by atoms with E-state index in [0.29, 0.717) is 6.10 Å². The molecule has 0 saturated heterocycles. The van der Waals surface area contributed by atoms with Crippen LogP contribution in [-0.4, -0.2) is 11.2 Å². The van der Waals surface area contributed by atoms with Gasteiger partial charge in [-0.2, -0.15) is 0 Å². The van der Waals surface area contributed by atoms with Crippen LogP contribution < -0.4 is 4.74 Å². The lowest BCUT2D eigenvalue weighted by molar-refractivity contribution is 0.145. The fourth-order valence-electron chi connectivity index (χ4n) is 2.84. The summed E-state index contributed by atoms with van der Waals surface area (Å²) in [5, 5.41) is 10.2. The summed E-state index contributed by atoms with van der Waals surface area (Å²) < 4.78 is 5.71.